The van der Waals surface area contributed by atoms with Crippen LogP contribution in [0.5, 0.6) is 0 Å². The summed E-state index contributed by atoms with van der Waals surface area (Å²) in [4.78, 5) is 39.8. The number of piperidine rings is 1. The Labute approximate surface area is 246 Å². The van der Waals surface area contributed by atoms with E-state index in [4.69, 9.17) is 9.57 Å². The molecule has 1 aliphatic heterocycles. The number of aromatic nitrogens is 4. The first kappa shape index (κ1) is 32.9. The van der Waals surface area contributed by atoms with Gasteiger partial charge in [0.15, 0.2) is 0 Å². The van der Waals surface area contributed by atoms with E-state index in [0.717, 1.165) is 18.4 Å². The van der Waals surface area contributed by atoms with Crippen molar-refractivity contribution in [3.63, 3.8) is 0 Å². The monoisotopic (exact) mass is 663 g/mol. The second-order valence-corrected chi connectivity index (χ2v) is 17.7. The maximum atomic E-state index is 12.7. The van der Waals surface area contributed by atoms with E-state index in [1.54, 1.807) is 0 Å². The van der Waals surface area contributed by atoms with Crippen molar-refractivity contribution < 1.29 is 27.5 Å². The number of carbonyl (C=O) groups is 1. The molecule has 0 bridgehead atoms. The standard InChI is InChI=1S/C25H37BrF3N7O4Si/c1-17(33-20-14-32-36(23(38)22(20)26)16-39-9-10-41(2,3)4)15-40-34-21(37)11-18-5-7-35(8-6-18)24-30-12-19(13-31-24)25(27,28)29/h12-14,17-18,33H,5-11,15-16H2,1-4H3,(H,34,37)/t17-/m0/s1. The van der Waals surface area contributed by atoms with Crippen LogP contribution in [-0.4, -0.2) is 66.1 Å². The number of rotatable bonds is 13. The number of ether oxygens (including phenoxy) is 1. The van der Waals surface area contributed by atoms with Gasteiger partial charge in [-0.25, -0.2) is 20.1 Å². The third-order valence-electron chi connectivity index (χ3n) is 6.45. The molecule has 2 N–H and O–H groups in total. The van der Waals surface area contributed by atoms with Crippen LogP contribution in [0.2, 0.25) is 25.7 Å². The zero-order valence-electron chi connectivity index (χ0n) is 23.6. The molecule has 1 aliphatic rings. The van der Waals surface area contributed by atoms with E-state index in [9.17, 15) is 22.8 Å². The van der Waals surface area contributed by atoms with E-state index in [2.05, 4.69) is 61.4 Å². The minimum Gasteiger partial charge on any atom is -0.378 e. The minimum atomic E-state index is -4.48. The Balaban J connectivity index is 1.35. The van der Waals surface area contributed by atoms with Gasteiger partial charge in [-0.15, -0.1) is 0 Å². The molecule has 228 valence electrons. The molecule has 1 atom stereocenters. The molecule has 3 rings (SSSR count). The van der Waals surface area contributed by atoms with Gasteiger partial charge in [0, 0.05) is 52.6 Å². The highest BCUT2D eigenvalue weighted by Crippen LogP contribution is 2.29. The Hall–Kier alpha value is -2.56. The number of amides is 1. The lowest BCUT2D eigenvalue weighted by molar-refractivity contribution is -0.138. The third-order valence-corrected chi connectivity index (χ3v) is 8.92. The summed E-state index contributed by atoms with van der Waals surface area (Å²) in [5, 5.41) is 7.31. The summed E-state index contributed by atoms with van der Waals surface area (Å²) >= 11 is 3.33. The van der Waals surface area contributed by atoms with Gasteiger partial charge in [0.25, 0.3) is 5.56 Å². The van der Waals surface area contributed by atoms with Crippen molar-refractivity contribution in [2.45, 2.75) is 70.8 Å². The summed E-state index contributed by atoms with van der Waals surface area (Å²) in [5.41, 5.74) is 1.75. The van der Waals surface area contributed by atoms with Gasteiger partial charge < -0.3 is 15.0 Å². The zero-order chi connectivity index (χ0) is 30.2. The molecule has 0 spiro atoms. The summed E-state index contributed by atoms with van der Waals surface area (Å²) in [6.07, 6.45) is 0.225. The maximum absolute atomic E-state index is 12.7. The van der Waals surface area contributed by atoms with Crippen molar-refractivity contribution in [2.24, 2.45) is 5.92 Å². The molecule has 16 heteroatoms. The van der Waals surface area contributed by atoms with Crippen LogP contribution in [0, 0.1) is 5.92 Å². The van der Waals surface area contributed by atoms with Gasteiger partial charge in [0.05, 0.1) is 24.1 Å². The number of hydroxylamine groups is 1. The number of alkyl halides is 3. The fourth-order valence-electron chi connectivity index (χ4n) is 4.01. The first-order valence-corrected chi connectivity index (χ1v) is 17.9. The van der Waals surface area contributed by atoms with Crippen LogP contribution in [-0.2, 0) is 27.3 Å². The SMILES string of the molecule is C[C@@H](CONC(=O)CC1CCN(c2ncc(C(F)(F)F)cn2)CC1)Nc1cnn(COCC[Si](C)(C)C)c(=O)c1Br. The first-order chi connectivity index (χ1) is 19.2. The molecule has 0 saturated carbocycles. The van der Waals surface area contributed by atoms with Gasteiger partial charge in [-0.1, -0.05) is 19.6 Å². The van der Waals surface area contributed by atoms with Crippen LogP contribution >= 0.6 is 15.9 Å². The number of hydrogen-bond acceptors (Lipinski definition) is 9. The van der Waals surface area contributed by atoms with Crippen molar-refractivity contribution in [3.05, 3.63) is 39.0 Å². The Kier molecular flexibility index (Phi) is 11.7. The molecule has 0 radical (unpaired) electrons. The lowest BCUT2D eigenvalue weighted by Gasteiger charge is -2.31. The topological polar surface area (TPSA) is 124 Å². The lowest BCUT2D eigenvalue weighted by Crippen LogP contribution is -2.37. The average molecular weight is 665 g/mol. The molecule has 1 saturated heterocycles. The lowest BCUT2D eigenvalue weighted by atomic mass is 9.93. The smallest absolute Gasteiger partial charge is 0.378 e. The normalized spacial score (nSPS) is 15.6. The molecule has 11 nitrogen and oxygen atoms in total. The van der Waals surface area contributed by atoms with Gasteiger partial charge >= 0.3 is 6.18 Å². The molecular formula is C25H37BrF3N7O4Si. The van der Waals surface area contributed by atoms with Gasteiger partial charge in [-0.2, -0.15) is 18.3 Å². The fourth-order valence-corrected chi connectivity index (χ4v) is 5.19. The second-order valence-electron chi connectivity index (χ2n) is 11.3. The summed E-state index contributed by atoms with van der Waals surface area (Å²) in [5.74, 6) is 0.0876. The molecule has 1 amide bonds. The predicted octanol–water partition coefficient (Wildman–Crippen LogP) is 4.28. The Morgan fingerprint density at radius 1 is 1.20 bits per heavy atom. The molecule has 2 aromatic rings. The number of carbonyl (C=O) groups excluding carboxylic acids is 1. The van der Waals surface area contributed by atoms with E-state index in [1.807, 2.05) is 11.8 Å². The van der Waals surface area contributed by atoms with Gasteiger partial charge in [-0.3, -0.25) is 14.4 Å². The largest absolute Gasteiger partial charge is 0.419 e. The Morgan fingerprint density at radius 2 is 1.85 bits per heavy atom. The predicted molar refractivity (Wildman–Crippen MR) is 154 cm³/mol. The van der Waals surface area contributed by atoms with Crippen molar-refractivity contribution >= 4 is 41.5 Å². The van der Waals surface area contributed by atoms with Crippen LogP contribution in [0.25, 0.3) is 0 Å². The van der Waals surface area contributed by atoms with Gasteiger partial charge in [0.2, 0.25) is 11.9 Å². The molecule has 41 heavy (non-hydrogen) atoms. The van der Waals surface area contributed by atoms with Crippen LogP contribution in [0.1, 0.15) is 31.7 Å². The molecule has 0 aromatic carbocycles. The third kappa shape index (κ3) is 10.7. The van der Waals surface area contributed by atoms with Gasteiger partial charge in [0.1, 0.15) is 11.2 Å². The first-order valence-electron chi connectivity index (χ1n) is 13.4. The quantitative estimate of drug-likeness (QED) is 0.184. The van der Waals surface area contributed by atoms with Crippen LogP contribution in [0.3, 0.4) is 0 Å². The molecular weight excluding hydrogens is 627 g/mol. The fraction of sp³-hybridized carbons (Fsp3) is 0.640. The van der Waals surface area contributed by atoms with E-state index in [1.165, 1.54) is 10.9 Å². The van der Waals surface area contributed by atoms with E-state index >= 15 is 0 Å². The minimum absolute atomic E-state index is 0.0781. The van der Waals surface area contributed by atoms with Crippen LogP contribution in [0.15, 0.2) is 27.9 Å². The van der Waals surface area contributed by atoms with Crippen molar-refractivity contribution in [1.82, 2.24) is 25.2 Å². The number of anilines is 2. The second kappa shape index (κ2) is 14.6. The highest BCUT2D eigenvalue weighted by molar-refractivity contribution is 9.10. The average Bonchev–Trinajstić information content (AvgIpc) is 2.90. The molecule has 1 fully saturated rings. The Morgan fingerprint density at radius 3 is 2.46 bits per heavy atom. The number of nitrogens with zero attached hydrogens (tertiary/aromatic N) is 5. The van der Waals surface area contributed by atoms with Crippen LogP contribution in [0.4, 0.5) is 24.8 Å². The Bertz CT molecular complexity index is 1200. The summed E-state index contributed by atoms with van der Waals surface area (Å²) < 4.78 is 45.3. The van der Waals surface area contributed by atoms with E-state index < -0.39 is 19.8 Å². The summed E-state index contributed by atoms with van der Waals surface area (Å²) in [7, 11) is -1.22. The molecule has 3 heterocycles. The van der Waals surface area contributed by atoms with E-state index in [-0.39, 0.29) is 49.1 Å². The highest BCUT2D eigenvalue weighted by Gasteiger charge is 2.32. The summed E-state index contributed by atoms with van der Waals surface area (Å²) in [6, 6.07) is 0.751. The maximum Gasteiger partial charge on any atom is 0.419 e. The van der Waals surface area contributed by atoms with Gasteiger partial charge in [-0.05, 0) is 47.7 Å². The highest BCUT2D eigenvalue weighted by atomic mass is 79.9. The van der Waals surface area contributed by atoms with Crippen LogP contribution < -0.4 is 21.3 Å². The van der Waals surface area contributed by atoms with Crippen molar-refractivity contribution in [2.75, 3.05) is 36.5 Å². The van der Waals surface area contributed by atoms with E-state index in [0.29, 0.717) is 42.7 Å². The van der Waals surface area contributed by atoms with Crippen molar-refractivity contribution in [1.29, 1.82) is 0 Å². The molecule has 0 unspecified atom stereocenters. The summed E-state index contributed by atoms with van der Waals surface area (Å²) in [6.45, 7) is 10.5. The zero-order valence-corrected chi connectivity index (χ0v) is 26.2. The number of halogens is 4. The number of nitrogens with one attached hydrogen (secondary N) is 2. The van der Waals surface area contributed by atoms with Crippen molar-refractivity contribution in [3.8, 4) is 0 Å². The number of hydrogen-bond donors (Lipinski definition) is 2. The molecule has 0 aliphatic carbocycles. The molecule has 2 aromatic heterocycles.